The van der Waals surface area contributed by atoms with Gasteiger partial charge in [0.05, 0.1) is 15.6 Å². The Morgan fingerprint density at radius 1 is 1.29 bits per heavy atom. The molecule has 0 saturated carbocycles. The van der Waals surface area contributed by atoms with Crippen molar-refractivity contribution in [1.82, 2.24) is 15.1 Å². The lowest BCUT2D eigenvalue weighted by Gasteiger charge is -2.06. The van der Waals surface area contributed by atoms with Gasteiger partial charge in [0.15, 0.2) is 0 Å². The van der Waals surface area contributed by atoms with Crippen molar-refractivity contribution in [1.29, 1.82) is 0 Å². The van der Waals surface area contributed by atoms with Crippen LogP contribution in [0.25, 0.3) is 0 Å². The van der Waals surface area contributed by atoms with Crippen molar-refractivity contribution in [3.8, 4) is 0 Å². The summed E-state index contributed by atoms with van der Waals surface area (Å²) in [6, 6.07) is 4.92. The fraction of sp³-hybridized carbons (Fsp3) is 0.308. The number of benzene rings is 1. The molecule has 8 heteroatoms. The fourth-order valence-corrected chi connectivity index (χ4v) is 2.89. The van der Waals surface area contributed by atoms with Gasteiger partial charge in [0.1, 0.15) is 5.01 Å². The van der Waals surface area contributed by atoms with Gasteiger partial charge in [0, 0.05) is 13.0 Å². The summed E-state index contributed by atoms with van der Waals surface area (Å²) in [4.78, 5) is 14.2. The van der Waals surface area contributed by atoms with E-state index in [-0.39, 0.29) is 11.5 Å². The number of hydrogen-bond donors (Lipinski definition) is 1. The molecule has 2 rings (SSSR count). The molecule has 0 bridgehead atoms. The largest absolute Gasteiger partial charge is 0.309 e. The van der Waals surface area contributed by atoms with Gasteiger partial charge in [0.2, 0.25) is 5.13 Å². The second-order valence-electron chi connectivity index (χ2n) is 4.61. The highest BCUT2D eigenvalue weighted by molar-refractivity contribution is 7.15. The highest BCUT2D eigenvalue weighted by Gasteiger charge is 2.16. The maximum atomic E-state index is 12.2. The summed E-state index contributed by atoms with van der Waals surface area (Å²) in [5, 5.41) is 12.6. The quantitative estimate of drug-likeness (QED) is 0.904. The monoisotopic (exact) mass is 344 g/mol. The van der Waals surface area contributed by atoms with E-state index in [1.165, 1.54) is 11.3 Å². The molecule has 0 aliphatic carbocycles. The maximum absolute atomic E-state index is 12.2. The zero-order valence-electron chi connectivity index (χ0n) is 11.6. The Morgan fingerprint density at radius 2 is 1.95 bits per heavy atom. The van der Waals surface area contributed by atoms with E-state index < -0.39 is 0 Å². The molecule has 5 nitrogen and oxygen atoms in total. The smallest absolute Gasteiger partial charge is 0.260 e. The molecule has 1 aromatic carbocycles. The standard InChI is InChI=1S/C13H14Cl2N4OS/c1-19(2)7-6-10-17-18-13(21-10)16-12(20)11-8(14)4-3-5-9(11)15/h3-5H,6-7H2,1-2H3,(H,16,18,20). The summed E-state index contributed by atoms with van der Waals surface area (Å²) in [5.74, 6) is -0.388. The van der Waals surface area contributed by atoms with E-state index in [2.05, 4.69) is 20.4 Å². The first-order valence-electron chi connectivity index (χ1n) is 6.20. The summed E-state index contributed by atoms with van der Waals surface area (Å²) >= 11 is 13.3. The number of amides is 1. The van der Waals surface area contributed by atoms with Crippen LogP contribution >= 0.6 is 34.5 Å². The first-order valence-corrected chi connectivity index (χ1v) is 7.77. The van der Waals surface area contributed by atoms with Gasteiger partial charge < -0.3 is 4.90 Å². The minimum Gasteiger partial charge on any atom is -0.309 e. The molecule has 1 aromatic heterocycles. The van der Waals surface area contributed by atoms with Crippen molar-refractivity contribution >= 4 is 45.6 Å². The summed E-state index contributed by atoms with van der Waals surface area (Å²) in [5.41, 5.74) is 0.242. The van der Waals surface area contributed by atoms with Gasteiger partial charge >= 0.3 is 0 Å². The molecule has 0 aliphatic heterocycles. The second kappa shape index (κ2) is 7.17. The van der Waals surface area contributed by atoms with Crippen LogP contribution in [0.1, 0.15) is 15.4 Å². The Balaban J connectivity index is 2.06. The predicted octanol–water partition coefficient (Wildman–Crippen LogP) is 3.20. The molecule has 0 atom stereocenters. The van der Waals surface area contributed by atoms with Crippen molar-refractivity contribution in [2.75, 3.05) is 26.0 Å². The molecule has 0 radical (unpaired) electrons. The number of halogens is 2. The van der Waals surface area contributed by atoms with E-state index in [1.54, 1.807) is 18.2 Å². The molecule has 112 valence electrons. The van der Waals surface area contributed by atoms with Crippen LogP contribution in [0.15, 0.2) is 18.2 Å². The van der Waals surface area contributed by atoms with E-state index in [9.17, 15) is 4.79 Å². The van der Waals surface area contributed by atoms with Crippen LogP contribution in [-0.4, -0.2) is 41.6 Å². The maximum Gasteiger partial charge on any atom is 0.260 e. The third-order valence-corrected chi connectivity index (χ3v) is 4.18. The molecule has 21 heavy (non-hydrogen) atoms. The number of likely N-dealkylation sites (N-methyl/N-ethyl adjacent to an activating group) is 1. The zero-order chi connectivity index (χ0) is 15.4. The van der Waals surface area contributed by atoms with Crippen LogP contribution in [0.4, 0.5) is 5.13 Å². The predicted molar refractivity (Wildman–Crippen MR) is 86.6 cm³/mol. The third-order valence-electron chi connectivity index (χ3n) is 2.65. The van der Waals surface area contributed by atoms with Crippen molar-refractivity contribution in [3.63, 3.8) is 0 Å². The number of carbonyl (C=O) groups excluding carboxylic acids is 1. The second-order valence-corrected chi connectivity index (χ2v) is 6.48. The highest BCUT2D eigenvalue weighted by atomic mass is 35.5. The average Bonchev–Trinajstić information content (AvgIpc) is 2.83. The van der Waals surface area contributed by atoms with Crippen molar-refractivity contribution in [3.05, 3.63) is 38.8 Å². The number of anilines is 1. The van der Waals surface area contributed by atoms with Crippen molar-refractivity contribution in [2.24, 2.45) is 0 Å². The Hall–Kier alpha value is -1.21. The molecule has 1 amide bonds. The van der Waals surface area contributed by atoms with Crippen LogP contribution in [0, 0.1) is 0 Å². The first kappa shape index (κ1) is 16.2. The van der Waals surface area contributed by atoms with Gasteiger partial charge in [-0.25, -0.2) is 0 Å². The Labute approximate surface area is 136 Å². The number of carbonyl (C=O) groups is 1. The summed E-state index contributed by atoms with van der Waals surface area (Å²) in [7, 11) is 3.98. The number of hydrogen-bond acceptors (Lipinski definition) is 5. The molecule has 0 aliphatic rings. The molecule has 1 heterocycles. The van der Waals surface area contributed by atoms with E-state index in [4.69, 9.17) is 23.2 Å². The van der Waals surface area contributed by atoms with Crippen LogP contribution in [-0.2, 0) is 6.42 Å². The minimum absolute atomic E-state index is 0.242. The van der Waals surface area contributed by atoms with Gasteiger partial charge in [-0.3, -0.25) is 10.1 Å². The lowest BCUT2D eigenvalue weighted by molar-refractivity contribution is 0.102. The molecule has 1 N–H and O–H groups in total. The molecule has 0 fully saturated rings. The van der Waals surface area contributed by atoms with E-state index in [0.717, 1.165) is 18.0 Å². The number of nitrogens with zero attached hydrogens (tertiary/aromatic N) is 3. The number of rotatable bonds is 5. The minimum atomic E-state index is -0.388. The van der Waals surface area contributed by atoms with Gasteiger partial charge in [-0.05, 0) is 26.2 Å². The highest BCUT2D eigenvalue weighted by Crippen LogP contribution is 2.26. The van der Waals surface area contributed by atoms with E-state index >= 15 is 0 Å². The number of nitrogens with one attached hydrogen (secondary N) is 1. The molecule has 0 saturated heterocycles. The molecule has 2 aromatic rings. The zero-order valence-corrected chi connectivity index (χ0v) is 13.9. The third kappa shape index (κ3) is 4.38. The first-order chi connectivity index (χ1) is 9.97. The van der Waals surface area contributed by atoms with Crippen LogP contribution in [0.3, 0.4) is 0 Å². The topological polar surface area (TPSA) is 58.1 Å². The molecular formula is C13H14Cl2N4OS. The van der Waals surface area contributed by atoms with E-state index in [1.807, 2.05) is 14.1 Å². The van der Waals surface area contributed by atoms with E-state index in [0.29, 0.717) is 15.2 Å². The Morgan fingerprint density at radius 3 is 2.57 bits per heavy atom. The Bertz CT molecular complexity index is 625. The Kier molecular flexibility index (Phi) is 5.52. The lowest BCUT2D eigenvalue weighted by Crippen LogP contribution is -2.14. The van der Waals surface area contributed by atoms with Crippen LogP contribution < -0.4 is 5.32 Å². The fourth-order valence-electron chi connectivity index (χ4n) is 1.60. The normalized spacial score (nSPS) is 10.9. The van der Waals surface area contributed by atoms with Crippen molar-refractivity contribution in [2.45, 2.75) is 6.42 Å². The molecule has 0 unspecified atom stereocenters. The summed E-state index contributed by atoms with van der Waals surface area (Å²) < 4.78 is 0. The number of aromatic nitrogens is 2. The van der Waals surface area contributed by atoms with Gasteiger partial charge in [0.25, 0.3) is 5.91 Å². The van der Waals surface area contributed by atoms with Crippen molar-refractivity contribution < 1.29 is 4.79 Å². The summed E-state index contributed by atoms with van der Waals surface area (Å²) in [6.45, 7) is 0.874. The average molecular weight is 345 g/mol. The van der Waals surface area contributed by atoms with Gasteiger partial charge in [-0.1, -0.05) is 40.6 Å². The summed E-state index contributed by atoms with van der Waals surface area (Å²) in [6.07, 6.45) is 0.785. The van der Waals surface area contributed by atoms with Crippen LogP contribution in [0.2, 0.25) is 10.0 Å². The van der Waals surface area contributed by atoms with Gasteiger partial charge in [-0.2, -0.15) is 0 Å². The SMILES string of the molecule is CN(C)CCc1nnc(NC(=O)c2c(Cl)cccc2Cl)s1. The van der Waals surface area contributed by atoms with Gasteiger partial charge in [-0.15, -0.1) is 10.2 Å². The molecule has 0 spiro atoms. The van der Waals surface area contributed by atoms with Crippen LogP contribution in [0.5, 0.6) is 0 Å². The lowest BCUT2D eigenvalue weighted by atomic mass is 10.2. The molecular weight excluding hydrogens is 331 g/mol.